The molecule has 7 nitrogen and oxygen atoms in total. The maximum atomic E-state index is 12.8. The number of amides is 2. The number of rotatable bonds is 6. The summed E-state index contributed by atoms with van der Waals surface area (Å²) < 4.78 is 28.3. The molecular formula is C20H29N3O4S. The van der Waals surface area contributed by atoms with Crippen molar-refractivity contribution < 1.29 is 18.0 Å². The first-order valence-electron chi connectivity index (χ1n) is 9.78. The molecule has 0 spiro atoms. The molecule has 1 heterocycles. The first-order valence-corrected chi connectivity index (χ1v) is 11.3. The van der Waals surface area contributed by atoms with Crippen molar-refractivity contribution in [3.63, 3.8) is 0 Å². The normalized spacial score (nSPS) is 26.3. The van der Waals surface area contributed by atoms with Gasteiger partial charge in [0.1, 0.15) is 0 Å². The van der Waals surface area contributed by atoms with Crippen LogP contribution in [0.3, 0.4) is 0 Å². The summed E-state index contributed by atoms with van der Waals surface area (Å²) in [6.45, 7) is 2.60. The van der Waals surface area contributed by atoms with E-state index in [9.17, 15) is 18.0 Å². The Morgan fingerprint density at radius 1 is 1.07 bits per heavy atom. The Morgan fingerprint density at radius 2 is 1.61 bits per heavy atom. The van der Waals surface area contributed by atoms with E-state index in [4.69, 9.17) is 0 Å². The third kappa shape index (κ3) is 4.14. The van der Waals surface area contributed by atoms with E-state index in [1.807, 2.05) is 14.1 Å². The minimum atomic E-state index is -3.68. The van der Waals surface area contributed by atoms with Crippen LogP contribution in [0.15, 0.2) is 29.2 Å². The zero-order valence-electron chi connectivity index (χ0n) is 16.8. The van der Waals surface area contributed by atoms with E-state index in [1.54, 1.807) is 0 Å². The minimum absolute atomic E-state index is 0.133. The summed E-state index contributed by atoms with van der Waals surface area (Å²) in [6.07, 6.45) is 4.50. The number of anilines is 1. The molecule has 1 aromatic rings. The molecule has 1 aliphatic carbocycles. The monoisotopic (exact) mass is 407 g/mol. The molecule has 0 bridgehead atoms. The highest BCUT2D eigenvalue weighted by molar-refractivity contribution is 7.89. The number of sulfonamides is 1. The Labute approximate surface area is 167 Å². The molecule has 3 rings (SSSR count). The number of carbonyl (C=O) groups is 2. The topological polar surface area (TPSA) is 86.8 Å². The molecule has 1 saturated heterocycles. The molecular weight excluding hydrogens is 378 g/mol. The van der Waals surface area contributed by atoms with Crippen molar-refractivity contribution in [3.8, 4) is 0 Å². The lowest BCUT2D eigenvalue weighted by molar-refractivity contribution is -0.121. The fourth-order valence-electron chi connectivity index (χ4n) is 4.03. The van der Waals surface area contributed by atoms with Crippen LogP contribution in [0.2, 0.25) is 0 Å². The van der Waals surface area contributed by atoms with Gasteiger partial charge in [-0.05, 0) is 70.0 Å². The van der Waals surface area contributed by atoms with Gasteiger partial charge in [0.25, 0.3) is 0 Å². The first-order chi connectivity index (χ1) is 13.1. The smallest absolute Gasteiger partial charge is 0.240 e. The predicted molar refractivity (Wildman–Crippen MR) is 107 cm³/mol. The van der Waals surface area contributed by atoms with Crippen molar-refractivity contribution in [1.29, 1.82) is 0 Å². The van der Waals surface area contributed by atoms with Gasteiger partial charge in [0, 0.05) is 24.9 Å². The fourth-order valence-corrected chi connectivity index (χ4v) is 5.15. The molecule has 1 N–H and O–H groups in total. The Kier molecular flexibility index (Phi) is 5.93. The number of carbonyl (C=O) groups excluding carboxylic acids is 2. The van der Waals surface area contributed by atoms with Crippen LogP contribution in [0.4, 0.5) is 5.69 Å². The van der Waals surface area contributed by atoms with E-state index in [0.717, 1.165) is 30.6 Å². The maximum absolute atomic E-state index is 12.8. The highest BCUT2D eigenvalue weighted by Crippen LogP contribution is 2.35. The Hall–Kier alpha value is -1.77. The van der Waals surface area contributed by atoms with Crippen molar-refractivity contribution in [2.75, 3.05) is 25.5 Å². The van der Waals surface area contributed by atoms with E-state index < -0.39 is 10.0 Å². The molecule has 0 aromatic heterocycles. The lowest BCUT2D eigenvalue weighted by Crippen LogP contribution is -2.54. The van der Waals surface area contributed by atoms with Gasteiger partial charge in [-0.2, -0.15) is 0 Å². The molecule has 0 atom stereocenters. The summed E-state index contributed by atoms with van der Waals surface area (Å²) in [6, 6.07) is 5.92. The summed E-state index contributed by atoms with van der Waals surface area (Å²) in [5.74, 6) is 0.171. The number of nitrogens with zero attached hydrogens (tertiary/aromatic N) is 2. The van der Waals surface area contributed by atoms with Gasteiger partial charge in [0.05, 0.1) is 10.6 Å². The van der Waals surface area contributed by atoms with Gasteiger partial charge in [-0.1, -0.05) is 6.92 Å². The number of likely N-dealkylation sites (N-methyl/N-ethyl adjacent to an activating group) is 1. The molecule has 0 unspecified atom stereocenters. The molecule has 2 aliphatic rings. The molecule has 2 amide bonds. The second kappa shape index (κ2) is 7.93. The molecule has 1 aromatic carbocycles. The molecule has 0 radical (unpaired) electrons. The van der Waals surface area contributed by atoms with Crippen molar-refractivity contribution in [1.82, 2.24) is 9.62 Å². The third-order valence-corrected chi connectivity index (χ3v) is 7.62. The Morgan fingerprint density at radius 3 is 2.11 bits per heavy atom. The van der Waals surface area contributed by atoms with Crippen LogP contribution in [-0.2, 0) is 19.6 Å². The first kappa shape index (κ1) is 21.0. The second-order valence-electron chi connectivity index (χ2n) is 8.24. The van der Waals surface area contributed by atoms with Gasteiger partial charge in [0.2, 0.25) is 21.8 Å². The number of benzene rings is 1. The standard InChI is InChI=1S/C20H29N3O4S/c1-15-10-12-20(13-11-15,22(2)3)14-21-28(26,27)17-6-4-16(5-7-17)23-18(24)8-9-19(23)25/h4-7,15,21H,8-14H2,1-3H3. The zero-order valence-corrected chi connectivity index (χ0v) is 17.6. The Bertz CT molecular complexity index is 825. The van der Waals surface area contributed by atoms with E-state index in [1.165, 1.54) is 24.3 Å². The third-order valence-electron chi connectivity index (χ3n) is 6.20. The summed E-state index contributed by atoms with van der Waals surface area (Å²) in [5.41, 5.74) is 0.242. The van der Waals surface area contributed by atoms with Gasteiger partial charge in [-0.25, -0.2) is 13.1 Å². The summed E-state index contributed by atoms with van der Waals surface area (Å²) in [4.78, 5) is 27.1. The molecule has 1 aliphatic heterocycles. The summed E-state index contributed by atoms with van der Waals surface area (Å²) >= 11 is 0. The Balaban J connectivity index is 1.72. The van der Waals surface area contributed by atoms with Crippen molar-refractivity contribution >= 4 is 27.5 Å². The van der Waals surface area contributed by atoms with Crippen LogP contribution < -0.4 is 9.62 Å². The molecule has 8 heteroatoms. The number of hydrogen-bond donors (Lipinski definition) is 1. The summed E-state index contributed by atoms with van der Waals surface area (Å²) in [7, 11) is 0.329. The summed E-state index contributed by atoms with van der Waals surface area (Å²) in [5, 5.41) is 0. The van der Waals surface area contributed by atoms with Gasteiger partial charge in [-0.15, -0.1) is 0 Å². The fraction of sp³-hybridized carbons (Fsp3) is 0.600. The van der Waals surface area contributed by atoms with Crippen LogP contribution in [0.5, 0.6) is 0 Å². The highest BCUT2D eigenvalue weighted by Gasteiger charge is 2.37. The second-order valence-corrected chi connectivity index (χ2v) is 10.0. The lowest BCUT2D eigenvalue weighted by Gasteiger charge is -2.44. The van der Waals surface area contributed by atoms with Crippen LogP contribution in [0, 0.1) is 5.92 Å². The lowest BCUT2D eigenvalue weighted by atomic mass is 9.76. The van der Waals surface area contributed by atoms with E-state index in [-0.39, 0.29) is 35.1 Å². The van der Waals surface area contributed by atoms with E-state index in [0.29, 0.717) is 18.2 Å². The number of imide groups is 1. The van der Waals surface area contributed by atoms with Gasteiger partial charge < -0.3 is 4.90 Å². The largest absolute Gasteiger partial charge is 0.302 e. The highest BCUT2D eigenvalue weighted by atomic mass is 32.2. The van der Waals surface area contributed by atoms with Gasteiger partial charge in [-0.3, -0.25) is 14.5 Å². The average molecular weight is 408 g/mol. The van der Waals surface area contributed by atoms with Crippen LogP contribution in [0.25, 0.3) is 0 Å². The minimum Gasteiger partial charge on any atom is -0.302 e. The van der Waals surface area contributed by atoms with Gasteiger partial charge in [0.15, 0.2) is 0 Å². The van der Waals surface area contributed by atoms with Crippen LogP contribution in [-0.4, -0.2) is 51.3 Å². The van der Waals surface area contributed by atoms with Crippen LogP contribution in [0.1, 0.15) is 45.4 Å². The predicted octanol–water partition coefficient (Wildman–Crippen LogP) is 2.13. The zero-order chi connectivity index (χ0) is 20.5. The molecule has 28 heavy (non-hydrogen) atoms. The van der Waals surface area contributed by atoms with Crippen LogP contribution >= 0.6 is 0 Å². The van der Waals surface area contributed by atoms with E-state index in [2.05, 4.69) is 16.5 Å². The SMILES string of the molecule is CC1CCC(CNS(=O)(=O)c2ccc(N3C(=O)CCC3=O)cc2)(N(C)C)CC1. The van der Waals surface area contributed by atoms with E-state index >= 15 is 0 Å². The average Bonchev–Trinajstić information content (AvgIpc) is 3.00. The van der Waals surface area contributed by atoms with Crippen molar-refractivity contribution in [2.24, 2.45) is 5.92 Å². The maximum Gasteiger partial charge on any atom is 0.240 e. The van der Waals surface area contributed by atoms with Gasteiger partial charge >= 0.3 is 0 Å². The molecule has 154 valence electrons. The van der Waals surface area contributed by atoms with Crippen molar-refractivity contribution in [3.05, 3.63) is 24.3 Å². The quantitative estimate of drug-likeness (QED) is 0.730. The number of hydrogen-bond acceptors (Lipinski definition) is 5. The van der Waals surface area contributed by atoms with Crippen molar-refractivity contribution in [2.45, 2.75) is 55.9 Å². The molecule has 2 fully saturated rings. The number of nitrogens with one attached hydrogen (secondary N) is 1. The molecule has 1 saturated carbocycles.